The smallest absolute Gasteiger partial charge is 0.100 e. The van der Waals surface area contributed by atoms with Gasteiger partial charge in [0.15, 0.2) is 0 Å². The second-order valence-corrected chi connectivity index (χ2v) is 5.99. The highest BCUT2D eigenvalue weighted by Gasteiger charge is 2.32. The van der Waals surface area contributed by atoms with Crippen LogP contribution in [-0.2, 0) is 6.42 Å². The standard InChI is InChI=1S/C18H18N2O/c1-11-7-15-16(8-12(11)2)20(10-19-15)17-9-13-5-3-4-6-14(13)18(17)21/h3-8,10,17-18,21H,9H2,1-2H3. The molecular weight excluding hydrogens is 260 g/mol. The summed E-state index contributed by atoms with van der Waals surface area (Å²) in [5.41, 5.74) is 6.90. The fourth-order valence-electron chi connectivity index (χ4n) is 3.35. The number of imidazole rings is 1. The number of rotatable bonds is 1. The summed E-state index contributed by atoms with van der Waals surface area (Å²) in [7, 11) is 0. The zero-order valence-corrected chi connectivity index (χ0v) is 12.2. The molecule has 3 nitrogen and oxygen atoms in total. The molecule has 0 bridgehead atoms. The normalized spacial score (nSPS) is 20.9. The van der Waals surface area contributed by atoms with Gasteiger partial charge in [-0.15, -0.1) is 0 Å². The molecule has 21 heavy (non-hydrogen) atoms. The Hall–Kier alpha value is -2.13. The van der Waals surface area contributed by atoms with Crippen LogP contribution in [0, 0.1) is 13.8 Å². The van der Waals surface area contributed by atoms with Gasteiger partial charge in [-0.2, -0.15) is 0 Å². The van der Waals surface area contributed by atoms with Crippen molar-refractivity contribution in [2.24, 2.45) is 0 Å². The van der Waals surface area contributed by atoms with Crippen molar-refractivity contribution < 1.29 is 5.11 Å². The van der Waals surface area contributed by atoms with Crippen LogP contribution in [0.25, 0.3) is 11.0 Å². The Morgan fingerprint density at radius 1 is 1.14 bits per heavy atom. The van der Waals surface area contributed by atoms with Crippen LogP contribution < -0.4 is 0 Å². The molecule has 1 aliphatic rings. The third-order valence-electron chi connectivity index (χ3n) is 4.71. The highest BCUT2D eigenvalue weighted by molar-refractivity contribution is 5.77. The predicted molar refractivity (Wildman–Crippen MR) is 83.3 cm³/mol. The van der Waals surface area contributed by atoms with Crippen molar-refractivity contribution in [2.45, 2.75) is 32.4 Å². The molecule has 0 amide bonds. The van der Waals surface area contributed by atoms with Crippen molar-refractivity contribution in [3.63, 3.8) is 0 Å². The van der Waals surface area contributed by atoms with Crippen LogP contribution in [-0.4, -0.2) is 14.7 Å². The molecule has 3 aromatic rings. The molecule has 0 saturated carbocycles. The lowest BCUT2D eigenvalue weighted by Gasteiger charge is -2.18. The fraction of sp³-hybridized carbons (Fsp3) is 0.278. The zero-order valence-electron chi connectivity index (χ0n) is 12.2. The second kappa shape index (κ2) is 4.43. The topological polar surface area (TPSA) is 38.0 Å². The predicted octanol–water partition coefficient (Wildman–Crippen LogP) is 3.48. The first-order valence-corrected chi connectivity index (χ1v) is 7.35. The lowest BCUT2D eigenvalue weighted by atomic mass is 10.1. The maximum absolute atomic E-state index is 10.6. The first-order chi connectivity index (χ1) is 10.1. The van der Waals surface area contributed by atoms with E-state index in [-0.39, 0.29) is 6.04 Å². The number of hydrogen-bond acceptors (Lipinski definition) is 2. The number of benzene rings is 2. The van der Waals surface area contributed by atoms with E-state index in [2.05, 4.69) is 41.6 Å². The SMILES string of the molecule is Cc1cc2ncn(C3Cc4ccccc4C3O)c2cc1C. The van der Waals surface area contributed by atoms with Crippen LogP contribution in [0.4, 0.5) is 0 Å². The van der Waals surface area contributed by atoms with Gasteiger partial charge in [0, 0.05) is 0 Å². The molecule has 2 atom stereocenters. The summed E-state index contributed by atoms with van der Waals surface area (Å²) in [5, 5.41) is 10.6. The number of aliphatic hydroxyl groups excluding tert-OH is 1. The van der Waals surface area contributed by atoms with Gasteiger partial charge in [0.05, 0.1) is 23.4 Å². The van der Waals surface area contributed by atoms with Crippen LogP contribution >= 0.6 is 0 Å². The molecule has 2 aromatic carbocycles. The largest absolute Gasteiger partial charge is 0.386 e. The molecule has 1 aliphatic carbocycles. The van der Waals surface area contributed by atoms with Crippen LogP contribution in [0.2, 0.25) is 0 Å². The summed E-state index contributed by atoms with van der Waals surface area (Å²) in [6.07, 6.45) is 2.26. The summed E-state index contributed by atoms with van der Waals surface area (Å²) in [4.78, 5) is 4.51. The summed E-state index contributed by atoms with van der Waals surface area (Å²) < 4.78 is 2.13. The summed E-state index contributed by atoms with van der Waals surface area (Å²) in [6, 6.07) is 12.5. The average molecular weight is 278 g/mol. The molecule has 0 fully saturated rings. The molecule has 0 saturated heterocycles. The van der Waals surface area contributed by atoms with E-state index >= 15 is 0 Å². The molecule has 2 unspecified atom stereocenters. The fourth-order valence-corrected chi connectivity index (χ4v) is 3.35. The monoisotopic (exact) mass is 278 g/mol. The number of aryl methyl sites for hydroxylation is 2. The molecule has 1 heterocycles. The van der Waals surface area contributed by atoms with E-state index in [1.165, 1.54) is 16.7 Å². The summed E-state index contributed by atoms with van der Waals surface area (Å²) >= 11 is 0. The van der Waals surface area contributed by atoms with Crippen LogP contribution in [0.1, 0.15) is 34.4 Å². The molecule has 0 radical (unpaired) electrons. The van der Waals surface area contributed by atoms with Crippen molar-refractivity contribution in [1.82, 2.24) is 9.55 Å². The van der Waals surface area contributed by atoms with Crippen molar-refractivity contribution in [2.75, 3.05) is 0 Å². The van der Waals surface area contributed by atoms with Gasteiger partial charge in [-0.05, 0) is 54.7 Å². The average Bonchev–Trinajstić information content (AvgIpc) is 3.02. The molecule has 106 valence electrons. The number of aromatic nitrogens is 2. The maximum Gasteiger partial charge on any atom is 0.100 e. The highest BCUT2D eigenvalue weighted by atomic mass is 16.3. The Morgan fingerprint density at radius 3 is 2.71 bits per heavy atom. The van der Waals surface area contributed by atoms with Gasteiger partial charge in [0.25, 0.3) is 0 Å². The van der Waals surface area contributed by atoms with Crippen molar-refractivity contribution in [1.29, 1.82) is 0 Å². The molecule has 1 N–H and O–H groups in total. The minimum absolute atomic E-state index is 0.0366. The van der Waals surface area contributed by atoms with E-state index in [9.17, 15) is 5.11 Å². The van der Waals surface area contributed by atoms with Crippen molar-refractivity contribution >= 4 is 11.0 Å². The van der Waals surface area contributed by atoms with Gasteiger partial charge < -0.3 is 9.67 Å². The number of hydrogen-bond donors (Lipinski definition) is 1. The Kier molecular flexibility index (Phi) is 2.66. The lowest BCUT2D eigenvalue weighted by molar-refractivity contribution is 0.129. The molecule has 0 spiro atoms. The van der Waals surface area contributed by atoms with Gasteiger partial charge in [-0.3, -0.25) is 0 Å². The Balaban J connectivity index is 1.84. The van der Waals surface area contributed by atoms with Crippen LogP contribution in [0.15, 0.2) is 42.7 Å². The molecule has 1 aromatic heterocycles. The Labute approximate surface area is 123 Å². The Bertz CT molecular complexity index is 834. The van der Waals surface area contributed by atoms with Gasteiger partial charge in [-0.25, -0.2) is 4.98 Å². The Morgan fingerprint density at radius 2 is 1.90 bits per heavy atom. The van der Waals surface area contributed by atoms with E-state index in [0.29, 0.717) is 0 Å². The molecule has 0 aliphatic heterocycles. The molecule has 3 heteroatoms. The van der Waals surface area contributed by atoms with Crippen molar-refractivity contribution in [3.05, 3.63) is 65.0 Å². The van der Waals surface area contributed by atoms with E-state index in [1.54, 1.807) is 0 Å². The van der Waals surface area contributed by atoms with Crippen molar-refractivity contribution in [3.8, 4) is 0 Å². The highest BCUT2D eigenvalue weighted by Crippen LogP contribution is 2.40. The van der Waals surface area contributed by atoms with E-state index in [1.807, 2.05) is 24.5 Å². The third-order valence-corrected chi connectivity index (χ3v) is 4.71. The number of nitrogens with zero attached hydrogens (tertiary/aromatic N) is 2. The molecular formula is C18H18N2O. The van der Waals surface area contributed by atoms with Crippen LogP contribution in [0.3, 0.4) is 0 Å². The quantitative estimate of drug-likeness (QED) is 0.740. The van der Waals surface area contributed by atoms with E-state index in [0.717, 1.165) is 23.0 Å². The molecule has 4 rings (SSSR count). The van der Waals surface area contributed by atoms with Gasteiger partial charge >= 0.3 is 0 Å². The zero-order chi connectivity index (χ0) is 14.6. The third kappa shape index (κ3) is 1.81. The van der Waals surface area contributed by atoms with Crippen LogP contribution in [0.5, 0.6) is 0 Å². The van der Waals surface area contributed by atoms with Gasteiger partial charge in [0.1, 0.15) is 6.10 Å². The first-order valence-electron chi connectivity index (χ1n) is 7.35. The van der Waals surface area contributed by atoms with Gasteiger partial charge in [0.2, 0.25) is 0 Å². The number of fused-ring (bicyclic) bond motifs is 2. The van der Waals surface area contributed by atoms with Gasteiger partial charge in [-0.1, -0.05) is 24.3 Å². The number of aliphatic hydroxyl groups is 1. The first kappa shape index (κ1) is 12.6. The lowest BCUT2D eigenvalue weighted by Crippen LogP contribution is -2.13. The van der Waals surface area contributed by atoms with E-state index in [4.69, 9.17) is 0 Å². The minimum Gasteiger partial charge on any atom is -0.386 e. The minimum atomic E-state index is -0.458. The summed E-state index contributed by atoms with van der Waals surface area (Å²) in [6.45, 7) is 4.22. The maximum atomic E-state index is 10.6. The van der Waals surface area contributed by atoms with E-state index < -0.39 is 6.10 Å². The summed E-state index contributed by atoms with van der Waals surface area (Å²) in [5.74, 6) is 0. The second-order valence-electron chi connectivity index (χ2n) is 5.99.